The van der Waals surface area contributed by atoms with E-state index in [2.05, 4.69) is 27.2 Å². The lowest BCUT2D eigenvalue weighted by Gasteiger charge is -2.09. The molecule has 0 fully saturated rings. The van der Waals surface area contributed by atoms with Crippen molar-refractivity contribution in [3.8, 4) is 0 Å². The molecule has 0 spiro atoms. The Morgan fingerprint density at radius 1 is 1.38 bits per heavy atom. The van der Waals surface area contributed by atoms with Gasteiger partial charge in [0.2, 0.25) is 0 Å². The lowest BCUT2D eigenvalue weighted by Crippen LogP contribution is -2.29. The van der Waals surface area contributed by atoms with Crippen molar-refractivity contribution in [2.45, 2.75) is 38.8 Å². The van der Waals surface area contributed by atoms with Gasteiger partial charge in [-0.05, 0) is 18.9 Å². The molecular formula is C13H26N4O3S. The number of nitrogens with one attached hydrogen (secondary N) is 3. The minimum Gasteiger partial charge on any atom is -0.380 e. The molecule has 21 heavy (non-hydrogen) atoms. The van der Waals surface area contributed by atoms with E-state index in [0.29, 0.717) is 31.2 Å². The number of hydrogen-bond donors (Lipinski definition) is 3. The molecule has 0 aliphatic heterocycles. The predicted octanol–water partition coefficient (Wildman–Crippen LogP) is 0.860. The highest BCUT2D eigenvalue weighted by Crippen LogP contribution is 2.11. The Labute approximate surface area is 126 Å². The van der Waals surface area contributed by atoms with Crippen molar-refractivity contribution in [3.63, 3.8) is 0 Å². The molecule has 1 aromatic rings. The first-order valence-electron chi connectivity index (χ1n) is 7.27. The van der Waals surface area contributed by atoms with E-state index in [1.165, 1.54) is 6.20 Å². The summed E-state index contributed by atoms with van der Waals surface area (Å²) in [6.45, 7) is 8.68. The standard InChI is InChI=1S/C13H26N4O3S/c1-4-5-14-8-12-9-15-17-13(12)21(18,19)16-6-7-20-10-11(2)3/h9,11,14,16H,4-8,10H2,1-3H3,(H,15,17). The normalized spacial score (nSPS) is 12.2. The fourth-order valence-corrected chi connectivity index (χ4v) is 2.84. The monoisotopic (exact) mass is 318 g/mol. The van der Waals surface area contributed by atoms with Gasteiger partial charge in [-0.3, -0.25) is 5.10 Å². The third-order valence-corrected chi connectivity index (χ3v) is 4.15. The largest absolute Gasteiger partial charge is 0.380 e. The van der Waals surface area contributed by atoms with Crippen molar-refractivity contribution in [2.24, 2.45) is 5.92 Å². The maximum atomic E-state index is 12.2. The van der Waals surface area contributed by atoms with Gasteiger partial charge in [0.25, 0.3) is 10.0 Å². The molecule has 1 aromatic heterocycles. The van der Waals surface area contributed by atoms with Crippen LogP contribution in [0, 0.1) is 5.92 Å². The van der Waals surface area contributed by atoms with Gasteiger partial charge in [0, 0.05) is 25.3 Å². The molecule has 0 bridgehead atoms. The Balaban J connectivity index is 2.48. The molecule has 1 heterocycles. The molecule has 0 saturated carbocycles. The molecule has 1 rings (SSSR count). The lowest BCUT2D eigenvalue weighted by atomic mass is 10.2. The van der Waals surface area contributed by atoms with Crippen LogP contribution in [0.4, 0.5) is 0 Å². The van der Waals surface area contributed by atoms with E-state index in [1.807, 2.05) is 13.8 Å². The third-order valence-electron chi connectivity index (χ3n) is 2.68. The minimum absolute atomic E-state index is 0.120. The molecule has 0 aliphatic carbocycles. The van der Waals surface area contributed by atoms with Gasteiger partial charge in [-0.15, -0.1) is 0 Å². The Hall–Kier alpha value is -0.960. The zero-order valence-corrected chi connectivity index (χ0v) is 13.8. The Kier molecular flexibility index (Phi) is 7.87. The van der Waals surface area contributed by atoms with Gasteiger partial charge in [0.1, 0.15) is 0 Å². The quantitative estimate of drug-likeness (QED) is 0.526. The average Bonchev–Trinajstić information content (AvgIpc) is 2.87. The zero-order chi connectivity index (χ0) is 15.7. The number of aromatic nitrogens is 2. The van der Waals surface area contributed by atoms with Crippen LogP contribution in [0.2, 0.25) is 0 Å². The maximum absolute atomic E-state index is 12.2. The van der Waals surface area contributed by atoms with Crippen LogP contribution in [-0.4, -0.2) is 44.9 Å². The maximum Gasteiger partial charge on any atom is 0.257 e. The van der Waals surface area contributed by atoms with Gasteiger partial charge in [-0.1, -0.05) is 20.8 Å². The molecular weight excluding hydrogens is 292 g/mol. The topological polar surface area (TPSA) is 96.1 Å². The lowest BCUT2D eigenvalue weighted by molar-refractivity contribution is 0.114. The average molecular weight is 318 g/mol. The second-order valence-electron chi connectivity index (χ2n) is 5.27. The molecule has 8 heteroatoms. The minimum atomic E-state index is -3.57. The summed E-state index contributed by atoms with van der Waals surface area (Å²) in [6, 6.07) is 0. The van der Waals surface area contributed by atoms with Crippen LogP contribution >= 0.6 is 0 Å². The SMILES string of the molecule is CCCNCc1cn[nH]c1S(=O)(=O)NCCOCC(C)C. The first-order chi connectivity index (χ1) is 9.97. The van der Waals surface area contributed by atoms with E-state index >= 15 is 0 Å². The first-order valence-corrected chi connectivity index (χ1v) is 8.76. The number of hydrogen-bond acceptors (Lipinski definition) is 5. The summed E-state index contributed by atoms with van der Waals surface area (Å²) in [7, 11) is -3.57. The summed E-state index contributed by atoms with van der Waals surface area (Å²) in [6.07, 6.45) is 2.53. The van der Waals surface area contributed by atoms with Crippen molar-refractivity contribution in [2.75, 3.05) is 26.3 Å². The van der Waals surface area contributed by atoms with Crippen molar-refractivity contribution in [1.82, 2.24) is 20.2 Å². The van der Waals surface area contributed by atoms with E-state index in [4.69, 9.17) is 4.74 Å². The number of nitrogens with zero attached hydrogens (tertiary/aromatic N) is 1. The van der Waals surface area contributed by atoms with Gasteiger partial charge in [-0.25, -0.2) is 13.1 Å². The highest BCUT2D eigenvalue weighted by atomic mass is 32.2. The van der Waals surface area contributed by atoms with Gasteiger partial charge in [0.05, 0.1) is 12.8 Å². The highest BCUT2D eigenvalue weighted by Gasteiger charge is 2.19. The molecule has 0 aliphatic rings. The van der Waals surface area contributed by atoms with E-state index in [9.17, 15) is 8.42 Å². The molecule has 122 valence electrons. The third kappa shape index (κ3) is 6.56. The number of rotatable bonds is 11. The molecule has 0 amide bonds. The van der Waals surface area contributed by atoms with Crippen molar-refractivity contribution in [1.29, 1.82) is 0 Å². The predicted molar refractivity (Wildman–Crippen MR) is 81.4 cm³/mol. The highest BCUT2D eigenvalue weighted by molar-refractivity contribution is 7.89. The summed E-state index contributed by atoms with van der Waals surface area (Å²) in [5, 5.41) is 9.65. The fourth-order valence-electron chi connectivity index (χ4n) is 1.70. The Morgan fingerprint density at radius 3 is 2.81 bits per heavy atom. The Morgan fingerprint density at radius 2 is 2.14 bits per heavy atom. The molecule has 0 radical (unpaired) electrons. The summed E-state index contributed by atoms with van der Waals surface area (Å²) in [5.74, 6) is 0.436. The van der Waals surface area contributed by atoms with Gasteiger partial charge >= 0.3 is 0 Å². The smallest absolute Gasteiger partial charge is 0.257 e. The van der Waals surface area contributed by atoms with E-state index in [1.54, 1.807) is 0 Å². The first kappa shape index (κ1) is 18.1. The van der Waals surface area contributed by atoms with Crippen molar-refractivity contribution < 1.29 is 13.2 Å². The van der Waals surface area contributed by atoms with Crippen LogP contribution in [-0.2, 0) is 21.3 Å². The zero-order valence-electron chi connectivity index (χ0n) is 13.0. The van der Waals surface area contributed by atoms with Crippen LogP contribution in [0.1, 0.15) is 32.8 Å². The molecule has 3 N–H and O–H groups in total. The van der Waals surface area contributed by atoms with Gasteiger partial charge < -0.3 is 10.1 Å². The summed E-state index contributed by atoms with van der Waals surface area (Å²) >= 11 is 0. The summed E-state index contributed by atoms with van der Waals surface area (Å²) in [5.41, 5.74) is 0.638. The Bertz CT molecular complexity index is 499. The molecule has 0 unspecified atom stereocenters. The second kappa shape index (κ2) is 9.14. The fraction of sp³-hybridized carbons (Fsp3) is 0.769. The van der Waals surface area contributed by atoms with E-state index in [-0.39, 0.29) is 11.6 Å². The number of H-pyrrole nitrogens is 1. The van der Waals surface area contributed by atoms with Crippen LogP contribution in [0.25, 0.3) is 0 Å². The molecule has 7 nitrogen and oxygen atoms in total. The van der Waals surface area contributed by atoms with Crippen LogP contribution < -0.4 is 10.0 Å². The van der Waals surface area contributed by atoms with E-state index in [0.717, 1.165) is 13.0 Å². The molecule has 0 atom stereocenters. The molecule has 0 saturated heterocycles. The van der Waals surface area contributed by atoms with Crippen LogP contribution in [0.3, 0.4) is 0 Å². The molecule has 0 aromatic carbocycles. The number of aromatic amines is 1. The summed E-state index contributed by atoms with van der Waals surface area (Å²) in [4.78, 5) is 0. The van der Waals surface area contributed by atoms with Gasteiger partial charge in [-0.2, -0.15) is 5.10 Å². The van der Waals surface area contributed by atoms with Crippen molar-refractivity contribution in [3.05, 3.63) is 11.8 Å². The van der Waals surface area contributed by atoms with E-state index < -0.39 is 10.0 Å². The van der Waals surface area contributed by atoms with Crippen LogP contribution in [0.15, 0.2) is 11.2 Å². The summed E-state index contributed by atoms with van der Waals surface area (Å²) < 4.78 is 32.2. The van der Waals surface area contributed by atoms with Crippen LogP contribution in [0.5, 0.6) is 0 Å². The number of ether oxygens (including phenoxy) is 1. The van der Waals surface area contributed by atoms with Gasteiger partial charge in [0.15, 0.2) is 5.03 Å². The number of sulfonamides is 1. The second-order valence-corrected chi connectivity index (χ2v) is 6.97. The van der Waals surface area contributed by atoms with Crippen molar-refractivity contribution >= 4 is 10.0 Å².